The van der Waals surface area contributed by atoms with Crippen LogP contribution in [0.3, 0.4) is 0 Å². The van der Waals surface area contributed by atoms with Gasteiger partial charge in [-0.1, -0.05) is 13.0 Å². The Morgan fingerprint density at radius 1 is 1.64 bits per heavy atom. The Bertz CT molecular complexity index is 212. The molecule has 0 saturated carbocycles. The lowest BCUT2D eigenvalue weighted by Gasteiger charge is -2.15. The lowest BCUT2D eigenvalue weighted by atomic mass is 10.2. The minimum Gasteiger partial charge on any atom is -0.392 e. The number of nitrogens with one attached hydrogen (secondary N) is 1. The normalized spacial score (nSPS) is 16.2. The summed E-state index contributed by atoms with van der Waals surface area (Å²) >= 11 is 0. The first-order valence-corrected chi connectivity index (χ1v) is 4.87. The molecule has 0 aromatic heterocycles. The van der Waals surface area contributed by atoms with E-state index in [1.165, 1.54) is 0 Å². The topological polar surface area (TPSA) is 75.4 Å². The molecule has 2 atom stereocenters. The quantitative estimate of drug-likeness (QED) is 0.554. The highest BCUT2D eigenvalue weighted by atomic mass is 16.3. The summed E-state index contributed by atoms with van der Waals surface area (Å²) in [6, 6.07) is -0.409. The van der Waals surface area contributed by atoms with Gasteiger partial charge < -0.3 is 16.2 Å². The molecular weight excluding hydrogens is 180 g/mol. The van der Waals surface area contributed by atoms with Crippen molar-refractivity contribution in [2.24, 2.45) is 5.73 Å². The van der Waals surface area contributed by atoms with E-state index in [-0.39, 0.29) is 5.91 Å². The highest BCUT2D eigenvalue weighted by Crippen LogP contribution is 1.95. The van der Waals surface area contributed by atoms with Gasteiger partial charge in [0.2, 0.25) is 5.91 Å². The molecule has 4 nitrogen and oxygen atoms in total. The second kappa shape index (κ2) is 6.56. The largest absolute Gasteiger partial charge is 0.392 e. The summed E-state index contributed by atoms with van der Waals surface area (Å²) in [7, 11) is 0. The molecule has 0 rings (SSSR count). The monoisotopic (exact) mass is 200 g/mol. The molecule has 0 fully saturated rings. The summed E-state index contributed by atoms with van der Waals surface area (Å²) in [5.41, 5.74) is 6.24. The number of aliphatic hydroxyl groups excluding tert-OH is 1. The number of hydrogen-bond acceptors (Lipinski definition) is 3. The SMILES string of the molecule is CCC=C(C)C(=O)NCC(N)C(C)O. The Labute approximate surface area is 85.2 Å². The number of aliphatic hydroxyl groups is 1. The van der Waals surface area contributed by atoms with Gasteiger partial charge in [-0.05, 0) is 20.3 Å². The summed E-state index contributed by atoms with van der Waals surface area (Å²) in [5.74, 6) is -0.122. The van der Waals surface area contributed by atoms with Gasteiger partial charge in [0.25, 0.3) is 0 Å². The van der Waals surface area contributed by atoms with Gasteiger partial charge in [0, 0.05) is 18.2 Å². The minimum atomic E-state index is -0.606. The van der Waals surface area contributed by atoms with Gasteiger partial charge in [0.05, 0.1) is 6.10 Å². The third-order valence-corrected chi connectivity index (χ3v) is 1.99. The first-order valence-electron chi connectivity index (χ1n) is 4.87. The molecule has 4 N–H and O–H groups in total. The van der Waals surface area contributed by atoms with Crippen molar-refractivity contribution in [1.82, 2.24) is 5.32 Å². The van der Waals surface area contributed by atoms with Crippen LogP contribution < -0.4 is 11.1 Å². The summed E-state index contributed by atoms with van der Waals surface area (Å²) < 4.78 is 0. The molecule has 0 spiro atoms. The van der Waals surface area contributed by atoms with Gasteiger partial charge >= 0.3 is 0 Å². The van der Waals surface area contributed by atoms with E-state index in [1.807, 2.05) is 13.0 Å². The van der Waals surface area contributed by atoms with E-state index in [2.05, 4.69) is 5.32 Å². The van der Waals surface area contributed by atoms with Crippen molar-refractivity contribution in [1.29, 1.82) is 0 Å². The molecule has 0 heterocycles. The number of allylic oxidation sites excluding steroid dienone is 1. The van der Waals surface area contributed by atoms with Crippen LogP contribution in [0.2, 0.25) is 0 Å². The first kappa shape index (κ1) is 13.1. The van der Waals surface area contributed by atoms with E-state index in [0.29, 0.717) is 12.1 Å². The van der Waals surface area contributed by atoms with Crippen LogP contribution in [-0.4, -0.2) is 29.7 Å². The minimum absolute atomic E-state index is 0.122. The van der Waals surface area contributed by atoms with Gasteiger partial charge in [0.1, 0.15) is 0 Å². The fourth-order valence-corrected chi connectivity index (χ4v) is 0.919. The van der Waals surface area contributed by atoms with Gasteiger partial charge in [-0.25, -0.2) is 0 Å². The van der Waals surface area contributed by atoms with Gasteiger partial charge in [-0.3, -0.25) is 4.79 Å². The molecule has 14 heavy (non-hydrogen) atoms. The second-order valence-electron chi connectivity index (χ2n) is 3.41. The van der Waals surface area contributed by atoms with Crippen molar-refractivity contribution in [3.63, 3.8) is 0 Å². The van der Waals surface area contributed by atoms with Crippen molar-refractivity contribution in [2.45, 2.75) is 39.3 Å². The van der Waals surface area contributed by atoms with Crippen LogP contribution in [0, 0.1) is 0 Å². The first-order chi connectivity index (χ1) is 6.49. The van der Waals surface area contributed by atoms with Crippen LogP contribution in [-0.2, 0) is 4.79 Å². The Kier molecular flexibility index (Phi) is 6.16. The average Bonchev–Trinajstić information content (AvgIpc) is 2.13. The molecule has 0 aliphatic rings. The number of amides is 1. The number of carbonyl (C=O) groups is 1. The Morgan fingerprint density at radius 2 is 2.21 bits per heavy atom. The van der Waals surface area contributed by atoms with E-state index in [4.69, 9.17) is 10.8 Å². The van der Waals surface area contributed by atoms with Gasteiger partial charge in [-0.2, -0.15) is 0 Å². The molecule has 0 aliphatic heterocycles. The summed E-state index contributed by atoms with van der Waals surface area (Å²) in [4.78, 5) is 11.3. The molecule has 0 aromatic rings. The van der Waals surface area contributed by atoms with Crippen LogP contribution in [0.4, 0.5) is 0 Å². The molecule has 0 radical (unpaired) electrons. The van der Waals surface area contributed by atoms with Crippen molar-refractivity contribution in [3.05, 3.63) is 11.6 Å². The van der Waals surface area contributed by atoms with Crippen LogP contribution >= 0.6 is 0 Å². The smallest absolute Gasteiger partial charge is 0.246 e. The second-order valence-corrected chi connectivity index (χ2v) is 3.41. The highest BCUT2D eigenvalue weighted by molar-refractivity contribution is 5.92. The molecule has 82 valence electrons. The van der Waals surface area contributed by atoms with Crippen LogP contribution in [0.5, 0.6) is 0 Å². The zero-order valence-corrected chi connectivity index (χ0v) is 9.08. The molecule has 0 aliphatic carbocycles. The summed E-state index contributed by atoms with van der Waals surface area (Å²) in [6.45, 7) is 5.63. The van der Waals surface area contributed by atoms with Crippen molar-refractivity contribution in [3.8, 4) is 0 Å². The van der Waals surface area contributed by atoms with Crippen LogP contribution in [0.15, 0.2) is 11.6 Å². The van der Waals surface area contributed by atoms with Gasteiger partial charge in [-0.15, -0.1) is 0 Å². The Balaban J connectivity index is 3.91. The lowest BCUT2D eigenvalue weighted by Crippen LogP contribution is -2.43. The standard InChI is InChI=1S/C10H20N2O2/c1-4-5-7(2)10(14)12-6-9(11)8(3)13/h5,8-9,13H,4,6,11H2,1-3H3,(H,12,14). The molecule has 2 unspecified atom stereocenters. The fourth-order valence-electron chi connectivity index (χ4n) is 0.919. The molecule has 4 heteroatoms. The van der Waals surface area contributed by atoms with Crippen molar-refractivity contribution < 1.29 is 9.90 Å². The molecular formula is C10H20N2O2. The van der Waals surface area contributed by atoms with E-state index in [0.717, 1.165) is 6.42 Å². The van der Waals surface area contributed by atoms with E-state index in [9.17, 15) is 4.79 Å². The lowest BCUT2D eigenvalue weighted by molar-refractivity contribution is -0.117. The molecule has 0 aromatic carbocycles. The van der Waals surface area contributed by atoms with E-state index in [1.54, 1.807) is 13.8 Å². The molecule has 0 saturated heterocycles. The number of nitrogens with two attached hydrogens (primary N) is 1. The Hall–Kier alpha value is -0.870. The fraction of sp³-hybridized carbons (Fsp3) is 0.700. The third kappa shape index (κ3) is 4.99. The molecule has 0 bridgehead atoms. The number of carbonyl (C=O) groups excluding carboxylic acids is 1. The average molecular weight is 200 g/mol. The van der Waals surface area contributed by atoms with E-state index < -0.39 is 12.1 Å². The molecule has 1 amide bonds. The summed E-state index contributed by atoms with van der Waals surface area (Å²) in [5, 5.41) is 11.7. The van der Waals surface area contributed by atoms with Crippen molar-refractivity contribution in [2.75, 3.05) is 6.54 Å². The predicted molar refractivity (Wildman–Crippen MR) is 56.7 cm³/mol. The van der Waals surface area contributed by atoms with Gasteiger partial charge in [0.15, 0.2) is 0 Å². The highest BCUT2D eigenvalue weighted by Gasteiger charge is 2.10. The number of hydrogen-bond donors (Lipinski definition) is 3. The summed E-state index contributed by atoms with van der Waals surface area (Å²) in [6.07, 6.45) is 2.08. The number of rotatable bonds is 5. The maximum absolute atomic E-state index is 11.3. The maximum Gasteiger partial charge on any atom is 0.246 e. The third-order valence-electron chi connectivity index (χ3n) is 1.99. The zero-order chi connectivity index (χ0) is 11.1. The van der Waals surface area contributed by atoms with E-state index >= 15 is 0 Å². The van der Waals surface area contributed by atoms with Crippen molar-refractivity contribution >= 4 is 5.91 Å². The zero-order valence-electron chi connectivity index (χ0n) is 9.08. The Morgan fingerprint density at radius 3 is 2.64 bits per heavy atom. The van der Waals surface area contributed by atoms with Crippen LogP contribution in [0.1, 0.15) is 27.2 Å². The maximum atomic E-state index is 11.3. The predicted octanol–water partition coefficient (Wildman–Crippen LogP) is 0.167. The van der Waals surface area contributed by atoms with Crippen LogP contribution in [0.25, 0.3) is 0 Å².